The van der Waals surface area contributed by atoms with Crippen molar-refractivity contribution in [2.75, 3.05) is 18.1 Å². The number of aryl methyl sites for hydroxylation is 1. The van der Waals surface area contributed by atoms with Gasteiger partial charge in [-0.05, 0) is 30.5 Å². The van der Waals surface area contributed by atoms with Gasteiger partial charge in [-0.15, -0.1) is 0 Å². The van der Waals surface area contributed by atoms with E-state index in [0.29, 0.717) is 13.2 Å². The molecule has 3 heterocycles. The molecular formula is C22H27NO4. The molecule has 0 N–H and O–H groups in total. The Morgan fingerprint density at radius 3 is 2.74 bits per heavy atom. The average molecular weight is 369 g/mol. The van der Waals surface area contributed by atoms with Crippen LogP contribution in [0.5, 0.6) is 0 Å². The normalized spacial score (nSPS) is 30.8. The van der Waals surface area contributed by atoms with Crippen molar-refractivity contribution in [2.24, 2.45) is 11.8 Å². The largest absolute Gasteiger partial charge is 0.465 e. The summed E-state index contributed by atoms with van der Waals surface area (Å²) in [5, 5.41) is 0. The molecule has 1 aromatic rings. The summed E-state index contributed by atoms with van der Waals surface area (Å²) in [6.07, 6.45) is 7.47. The number of hydrogen-bond acceptors (Lipinski definition) is 4. The van der Waals surface area contributed by atoms with Crippen LogP contribution in [0.2, 0.25) is 0 Å². The summed E-state index contributed by atoms with van der Waals surface area (Å²) in [5.74, 6) is -1.37. The Balaban J connectivity index is 1.52. The summed E-state index contributed by atoms with van der Waals surface area (Å²) in [6.45, 7) is 5.08. The molecule has 0 aliphatic carbocycles. The van der Waals surface area contributed by atoms with Crippen molar-refractivity contribution in [1.82, 2.24) is 0 Å². The Morgan fingerprint density at radius 1 is 1.26 bits per heavy atom. The lowest BCUT2D eigenvalue weighted by molar-refractivity contribution is -0.152. The number of carbonyl (C=O) groups excluding carboxylic acids is 2. The lowest BCUT2D eigenvalue weighted by atomic mass is 9.77. The van der Waals surface area contributed by atoms with E-state index in [2.05, 4.69) is 13.8 Å². The Kier molecular flexibility index (Phi) is 4.81. The second-order valence-electron chi connectivity index (χ2n) is 7.72. The quantitative estimate of drug-likeness (QED) is 0.420. The molecule has 5 nitrogen and oxygen atoms in total. The first-order valence-electron chi connectivity index (χ1n) is 10.0. The fourth-order valence-corrected chi connectivity index (χ4v) is 4.52. The van der Waals surface area contributed by atoms with E-state index >= 15 is 0 Å². The van der Waals surface area contributed by atoms with Crippen LogP contribution in [0.4, 0.5) is 5.69 Å². The van der Waals surface area contributed by atoms with Gasteiger partial charge >= 0.3 is 5.97 Å². The molecule has 0 saturated carbocycles. The van der Waals surface area contributed by atoms with E-state index in [9.17, 15) is 9.59 Å². The van der Waals surface area contributed by atoms with Crippen LogP contribution in [-0.2, 0) is 25.5 Å². The molecule has 2 bridgehead atoms. The Labute approximate surface area is 160 Å². The first kappa shape index (κ1) is 18.2. The van der Waals surface area contributed by atoms with Crippen LogP contribution in [0.25, 0.3) is 0 Å². The highest BCUT2D eigenvalue weighted by atomic mass is 16.6. The van der Waals surface area contributed by atoms with Crippen molar-refractivity contribution in [3.05, 3.63) is 42.0 Å². The van der Waals surface area contributed by atoms with Gasteiger partial charge in [0.05, 0.1) is 25.2 Å². The van der Waals surface area contributed by atoms with Crippen LogP contribution >= 0.6 is 0 Å². The molecule has 4 atom stereocenters. The topological polar surface area (TPSA) is 55.8 Å². The van der Waals surface area contributed by atoms with Gasteiger partial charge in [-0.25, -0.2) is 0 Å². The predicted molar refractivity (Wildman–Crippen MR) is 102 cm³/mol. The molecule has 144 valence electrons. The van der Waals surface area contributed by atoms with Gasteiger partial charge < -0.3 is 14.4 Å². The molecule has 0 aromatic heterocycles. The zero-order chi connectivity index (χ0) is 19.0. The van der Waals surface area contributed by atoms with Crippen molar-refractivity contribution in [3.63, 3.8) is 0 Å². The molecule has 3 aliphatic heterocycles. The van der Waals surface area contributed by atoms with Crippen molar-refractivity contribution in [3.8, 4) is 0 Å². The third kappa shape index (κ3) is 2.98. The number of unbranched alkanes of at least 4 members (excludes halogenated alkanes) is 2. The third-order valence-electron chi connectivity index (χ3n) is 6.02. The number of benzene rings is 1. The van der Waals surface area contributed by atoms with Crippen LogP contribution < -0.4 is 4.90 Å². The zero-order valence-electron chi connectivity index (χ0n) is 16.0. The minimum absolute atomic E-state index is 0.0402. The van der Waals surface area contributed by atoms with Gasteiger partial charge in [-0.1, -0.05) is 51.0 Å². The number of carbonyl (C=O) groups is 2. The average Bonchev–Trinajstić information content (AvgIpc) is 3.33. The minimum Gasteiger partial charge on any atom is -0.465 e. The summed E-state index contributed by atoms with van der Waals surface area (Å²) < 4.78 is 11.6. The van der Waals surface area contributed by atoms with E-state index in [-0.39, 0.29) is 18.0 Å². The predicted octanol–water partition coefficient (Wildman–Crippen LogP) is 3.27. The van der Waals surface area contributed by atoms with Crippen LogP contribution in [0.1, 0.15) is 38.7 Å². The van der Waals surface area contributed by atoms with E-state index in [1.165, 1.54) is 5.56 Å². The lowest BCUT2D eigenvalue weighted by Crippen LogP contribution is -2.40. The van der Waals surface area contributed by atoms with Crippen molar-refractivity contribution < 1.29 is 19.1 Å². The highest BCUT2D eigenvalue weighted by Gasteiger charge is 2.67. The molecular weight excluding hydrogens is 342 g/mol. The number of esters is 1. The molecule has 1 spiro atoms. The highest BCUT2D eigenvalue weighted by molar-refractivity contribution is 6.02. The van der Waals surface area contributed by atoms with E-state index < -0.39 is 17.4 Å². The van der Waals surface area contributed by atoms with Crippen LogP contribution in [0.15, 0.2) is 36.4 Å². The van der Waals surface area contributed by atoms with Crippen LogP contribution in [-0.4, -0.2) is 36.7 Å². The summed E-state index contributed by atoms with van der Waals surface area (Å²) in [4.78, 5) is 27.7. The van der Waals surface area contributed by atoms with E-state index in [1.54, 1.807) is 4.90 Å². The second kappa shape index (κ2) is 7.12. The van der Waals surface area contributed by atoms with E-state index in [0.717, 1.165) is 31.4 Å². The molecule has 2 fully saturated rings. The third-order valence-corrected chi connectivity index (χ3v) is 6.02. The fraction of sp³-hybridized carbons (Fsp3) is 0.545. The molecule has 5 heteroatoms. The summed E-state index contributed by atoms with van der Waals surface area (Å²) in [5.41, 5.74) is 1.39. The van der Waals surface area contributed by atoms with Crippen LogP contribution in [0, 0.1) is 11.8 Å². The number of rotatable bonds is 7. The SMILES string of the molecule is CCCCCOC(=O)[C@H]1[C@@H]2C=C[C@]3(CN(c4ccc(CC)cc4)C(=O)[C@H]13)O2. The maximum Gasteiger partial charge on any atom is 0.312 e. The smallest absolute Gasteiger partial charge is 0.312 e. The number of anilines is 1. The molecule has 27 heavy (non-hydrogen) atoms. The van der Waals surface area contributed by atoms with Crippen molar-refractivity contribution in [1.29, 1.82) is 0 Å². The standard InChI is InChI=1S/C22H27NO4/c1-3-5-6-13-26-21(25)18-17-11-12-22(27-17)14-23(20(24)19(18)22)16-9-7-15(4-2)8-10-16/h7-12,17-19H,3-6,13-14H2,1-2H3/t17-,18-,19-,22+/m0/s1. The molecule has 0 radical (unpaired) electrons. The number of amides is 1. The first-order chi connectivity index (χ1) is 13.1. The molecule has 4 rings (SSSR count). The van der Waals surface area contributed by atoms with Gasteiger partial charge in [0.25, 0.3) is 0 Å². The van der Waals surface area contributed by atoms with Crippen LogP contribution in [0.3, 0.4) is 0 Å². The maximum absolute atomic E-state index is 13.2. The van der Waals surface area contributed by atoms with E-state index in [1.807, 2.05) is 36.4 Å². The van der Waals surface area contributed by atoms with Gasteiger partial charge in [-0.2, -0.15) is 0 Å². The monoisotopic (exact) mass is 369 g/mol. The van der Waals surface area contributed by atoms with Gasteiger partial charge in [0.15, 0.2) is 0 Å². The Hall–Kier alpha value is -2.14. The van der Waals surface area contributed by atoms with Crippen molar-refractivity contribution >= 4 is 17.6 Å². The van der Waals surface area contributed by atoms with Crippen molar-refractivity contribution in [2.45, 2.75) is 51.2 Å². The maximum atomic E-state index is 13.2. The summed E-state index contributed by atoms with van der Waals surface area (Å²) >= 11 is 0. The van der Waals surface area contributed by atoms with E-state index in [4.69, 9.17) is 9.47 Å². The Bertz CT molecular complexity index is 756. The van der Waals surface area contributed by atoms with Gasteiger partial charge in [-0.3, -0.25) is 9.59 Å². The minimum atomic E-state index is -0.696. The highest BCUT2D eigenvalue weighted by Crippen LogP contribution is 2.52. The number of ether oxygens (including phenoxy) is 2. The molecule has 2 saturated heterocycles. The number of nitrogens with zero attached hydrogens (tertiary/aromatic N) is 1. The molecule has 1 amide bonds. The number of hydrogen-bond donors (Lipinski definition) is 0. The Morgan fingerprint density at radius 2 is 2.04 bits per heavy atom. The van der Waals surface area contributed by atoms with Gasteiger partial charge in [0.2, 0.25) is 5.91 Å². The number of fused-ring (bicyclic) bond motifs is 1. The first-order valence-corrected chi connectivity index (χ1v) is 10.0. The molecule has 1 aromatic carbocycles. The second-order valence-corrected chi connectivity index (χ2v) is 7.72. The summed E-state index contributed by atoms with van der Waals surface area (Å²) in [7, 11) is 0. The van der Waals surface area contributed by atoms with Gasteiger partial charge in [0, 0.05) is 5.69 Å². The summed E-state index contributed by atoms with van der Waals surface area (Å²) in [6, 6.07) is 8.04. The lowest BCUT2D eigenvalue weighted by Gasteiger charge is -2.22. The fourth-order valence-electron chi connectivity index (χ4n) is 4.52. The van der Waals surface area contributed by atoms with Gasteiger partial charge in [0.1, 0.15) is 11.5 Å². The molecule has 0 unspecified atom stereocenters. The zero-order valence-corrected chi connectivity index (χ0v) is 16.0. The molecule has 3 aliphatic rings.